The molecule has 0 aromatic heterocycles. The van der Waals surface area contributed by atoms with Gasteiger partial charge in [-0.3, -0.25) is 9.59 Å². The largest absolute Gasteiger partial charge is 0.361 e. The van der Waals surface area contributed by atoms with Gasteiger partial charge in [0.2, 0.25) is 0 Å². The average molecular weight is 591 g/mol. The topological polar surface area (TPSA) is 86.2 Å². The molecule has 202 valence electrons. The van der Waals surface area contributed by atoms with Gasteiger partial charge in [0.05, 0.1) is 0 Å². The van der Waals surface area contributed by atoms with Crippen molar-refractivity contribution < 1.29 is 30.7 Å². The van der Waals surface area contributed by atoms with Crippen LogP contribution in [-0.2, 0) is 21.1 Å². The molecule has 7 heteroatoms. The molecule has 0 aromatic carbocycles. The number of unbranched alkanes of at least 4 members (excludes halogenated alkanes) is 18. The third kappa shape index (κ3) is 88.5. The molecule has 0 atom stereocenters. The maximum Gasteiger partial charge on any atom is 0.273 e. The van der Waals surface area contributed by atoms with Crippen molar-refractivity contribution >= 4 is 35.7 Å². The van der Waals surface area contributed by atoms with E-state index >= 15 is 0 Å². The monoisotopic (exact) mass is 592 g/mol. The van der Waals surface area contributed by atoms with Gasteiger partial charge in [0.1, 0.15) is 0 Å². The minimum Gasteiger partial charge on any atom is -0.361 e. The zero-order valence-electron chi connectivity index (χ0n) is 22.4. The molecule has 2 amide bonds. The second kappa shape index (κ2) is 45.8. The third-order valence-corrected chi connectivity index (χ3v) is 4.91. The van der Waals surface area contributed by atoms with E-state index in [2.05, 4.69) is 64.4 Å². The molecule has 0 heterocycles. The van der Waals surface area contributed by atoms with Crippen LogP contribution >= 0.6 is 25.3 Å². The predicted octanol–water partition coefficient (Wildman–Crippen LogP) is 9.84. The van der Waals surface area contributed by atoms with Crippen LogP contribution in [0.4, 0.5) is 9.59 Å². The fourth-order valence-electron chi connectivity index (χ4n) is 3.12. The number of carbonyl (C=O) groups is 2. The summed E-state index contributed by atoms with van der Waals surface area (Å²) in [5.41, 5.74) is 8.67. The smallest absolute Gasteiger partial charge is 0.273 e. The maximum absolute atomic E-state index is 9.09. The fraction of sp³-hybridized carbons (Fsp3) is 0.923. The van der Waals surface area contributed by atoms with Crippen LogP contribution in [0.3, 0.4) is 0 Å². The third-order valence-electron chi connectivity index (χ3n) is 4.91. The zero-order valence-corrected chi connectivity index (χ0v) is 26.2. The van der Waals surface area contributed by atoms with Crippen LogP contribution in [0.1, 0.15) is 156 Å². The van der Waals surface area contributed by atoms with Crippen molar-refractivity contribution in [1.82, 2.24) is 0 Å². The summed E-state index contributed by atoms with van der Waals surface area (Å²) >= 11 is 6.21. The zero-order chi connectivity index (χ0) is 25.3. The van der Waals surface area contributed by atoms with Gasteiger partial charge in [-0.2, -0.15) is 0 Å². The van der Waals surface area contributed by atoms with Crippen LogP contribution in [0.2, 0.25) is 0 Å². The molecule has 0 aromatic rings. The Kier molecular flexibility index (Phi) is 60.2. The molecule has 0 bridgehead atoms. The van der Waals surface area contributed by atoms with Gasteiger partial charge in [-0.05, 0) is 0 Å². The van der Waals surface area contributed by atoms with E-state index in [0.29, 0.717) is 0 Å². The molecule has 0 saturated carbocycles. The number of primary amides is 2. The molecular weight excluding hydrogens is 532 g/mol. The van der Waals surface area contributed by atoms with Gasteiger partial charge in [0.25, 0.3) is 10.5 Å². The molecule has 0 aliphatic rings. The van der Waals surface area contributed by atoms with Gasteiger partial charge >= 0.3 is 0 Å². The number of amides is 2. The number of hydrogen-bond donors (Lipinski definition) is 4. The van der Waals surface area contributed by atoms with Crippen molar-refractivity contribution in [2.45, 2.75) is 156 Å². The molecule has 0 fully saturated rings. The van der Waals surface area contributed by atoms with Crippen molar-refractivity contribution in [3.8, 4) is 0 Å². The molecule has 0 rings (SSSR count). The first-order valence-corrected chi connectivity index (χ1v) is 14.2. The number of thiol groups is 2. The van der Waals surface area contributed by atoms with E-state index in [1.54, 1.807) is 0 Å². The molecule has 33 heavy (non-hydrogen) atoms. The number of carbonyl (C=O) groups excluding carboxylic acids is 2. The Labute approximate surface area is 233 Å². The van der Waals surface area contributed by atoms with Crippen LogP contribution in [-0.4, -0.2) is 10.5 Å². The standard InChI is InChI=1S/2C12H26.2CH3NOS.Mo/c2*1-3-5-7-9-11-12-10-8-6-4-2;2*2-1(3)4;/h2*3-12H2,1-2H3;2*(H3,2,3,4);. The average Bonchev–Trinajstić information content (AvgIpc) is 2.72. The minimum atomic E-state index is -0.639. The second-order valence-electron chi connectivity index (χ2n) is 8.33. The van der Waals surface area contributed by atoms with Gasteiger partial charge in [0, 0.05) is 21.1 Å². The molecule has 0 spiro atoms. The Hall–Kier alpha value is 0.328. The van der Waals surface area contributed by atoms with Crippen molar-refractivity contribution in [3.05, 3.63) is 0 Å². The normalized spacial score (nSPS) is 9.15. The first-order chi connectivity index (χ1) is 15.3. The van der Waals surface area contributed by atoms with E-state index in [0.717, 1.165) is 0 Å². The van der Waals surface area contributed by atoms with Gasteiger partial charge in [0.15, 0.2) is 0 Å². The van der Waals surface area contributed by atoms with E-state index in [1.165, 1.54) is 128 Å². The van der Waals surface area contributed by atoms with Crippen LogP contribution in [0, 0.1) is 0 Å². The van der Waals surface area contributed by atoms with Crippen LogP contribution in [0.5, 0.6) is 0 Å². The molecule has 0 unspecified atom stereocenters. The molecule has 0 aliphatic carbocycles. The quantitative estimate of drug-likeness (QED) is 0.0727. The van der Waals surface area contributed by atoms with E-state index in [1.807, 2.05) is 0 Å². The Morgan fingerprint density at radius 2 is 0.515 bits per heavy atom. The van der Waals surface area contributed by atoms with Crippen molar-refractivity contribution in [1.29, 1.82) is 0 Å². The molecule has 4 nitrogen and oxygen atoms in total. The molecule has 0 saturated heterocycles. The first kappa shape index (κ1) is 43.4. The van der Waals surface area contributed by atoms with Crippen molar-refractivity contribution in [3.63, 3.8) is 0 Å². The predicted molar refractivity (Wildman–Crippen MR) is 152 cm³/mol. The number of rotatable bonds is 18. The number of hydrogen-bond acceptors (Lipinski definition) is 2. The minimum absolute atomic E-state index is 0. The van der Waals surface area contributed by atoms with Crippen LogP contribution in [0.15, 0.2) is 0 Å². The fourth-order valence-corrected chi connectivity index (χ4v) is 3.12. The van der Waals surface area contributed by atoms with E-state index in [9.17, 15) is 0 Å². The summed E-state index contributed by atoms with van der Waals surface area (Å²) in [5.74, 6) is 0. The molecular formula is C26H58MoN2O2S2. The SMILES string of the molecule is CCCCCCCCCCCC.CCCCCCCCCCCC.NC(=O)S.NC(=O)S.[Mo]. The second-order valence-corrected chi connectivity index (χ2v) is 9.21. The summed E-state index contributed by atoms with van der Waals surface area (Å²) in [5, 5.41) is -1.28. The first-order valence-electron chi connectivity index (χ1n) is 13.3. The molecule has 0 aliphatic heterocycles. The summed E-state index contributed by atoms with van der Waals surface area (Å²) in [6, 6.07) is 0. The van der Waals surface area contributed by atoms with Crippen molar-refractivity contribution in [2.75, 3.05) is 0 Å². The maximum atomic E-state index is 9.09. The van der Waals surface area contributed by atoms with Gasteiger partial charge < -0.3 is 11.5 Å². The van der Waals surface area contributed by atoms with Crippen molar-refractivity contribution in [2.24, 2.45) is 11.5 Å². The van der Waals surface area contributed by atoms with Crippen LogP contribution < -0.4 is 11.5 Å². The summed E-state index contributed by atoms with van der Waals surface area (Å²) in [6.45, 7) is 9.12. The summed E-state index contributed by atoms with van der Waals surface area (Å²) in [7, 11) is 0. The summed E-state index contributed by atoms with van der Waals surface area (Å²) in [4.78, 5) is 18.2. The Morgan fingerprint density at radius 3 is 0.606 bits per heavy atom. The van der Waals surface area contributed by atoms with E-state index in [-0.39, 0.29) is 21.1 Å². The van der Waals surface area contributed by atoms with Gasteiger partial charge in [-0.25, -0.2) is 0 Å². The van der Waals surface area contributed by atoms with Gasteiger partial charge in [-0.15, -0.1) is 0 Å². The Morgan fingerprint density at radius 1 is 0.424 bits per heavy atom. The van der Waals surface area contributed by atoms with Gasteiger partial charge in [-0.1, -0.05) is 181 Å². The number of nitrogens with two attached hydrogens (primary N) is 2. The van der Waals surface area contributed by atoms with E-state index < -0.39 is 10.5 Å². The van der Waals surface area contributed by atoms with Crippen LogP contribution in [0.25, 0.3) is 0 Å². The molecule has 4 N–H and O–H groups in total. The summed E-state index contributed by atoms with van der Waals surface area (Å²) in [6.07, 6.45) is 28.9. The Bertz CT molecular complexity index is 290. The molecule has 0 radical (unpaired) electrons. The Balaban J connectivity index is -0.000000117. The summed E-state index contributed by atoms with van der Waals surface area (Å²) < 4.78 is 0. The van der Waals surface area contributed by atoms with E-state index in [4.69, 9.17) is 9.59 Å².